The summed E-state index contributed by atoms with van der Waals surface area (Å²) in [5, 5.41) is 5.91. The minimum atomic E-state index is -4.69. The van der Waals surface area contributed by atoms with Gasteiger partial charge in [0, 0.05) is 13.2 Å². The Hall–Kier alpha value is -2.51. The minimum absolute atomic E-state index is 0.00937. The lowest BCUT2D eigenvalue weighted by Crippen LogP contribution is -2.28. The van der Waals surface area contributed by atoms with E-state index in [9.17, 15) is 18.0 Å². The molecule has 0 bridgehead atoms. The third kappa shape index (κ3) is 4.74. The van der Waals surface area contributed by atoms with Gasteiger partial charge in [0.15, 0.2) is 5.69 Å². The quantitative estimate of drug-likeness (QED) is 0.889. The smallest absolute Gasteiger partial charge is 0.435 e. The van der Waals surface area contributed by atoms with Crippen LogP contribution in [0.3, 0.4) is 0 Å². The first-order chi connectivity index (χ1) is 11.6. The number of benzene rings is 1. The van der Waals surface area contributed by atoms with Crippen LogP contribution in [0.2, 0.25) is 0 Å². The predicted octanol–water partition coefficient (Wildman–Crippen LogP) is 3.72. The molecule has 5 nitrogen and oxygen atoms in total. The molecule has 1 N–H and O–H groups in total. The van der Waals surface area contributed by atoms with Gasteiger partial charge in [-0.25, -0.2) is 0 Å². The Kier molecular flexibility index (Phi) is 5.39. The number of ether oxygens (including phenoxy) is 1. The van der Waals surface area contributed by atoms with Crippen LogP contribution in [0.25, 0.3) is 0 Å². The van der Waals surface area contributed by atoms with Gasteiger partial charge in [0.05, 0.1) is 17.7 Å². The van der Waals surface area contributed by atoms with Crippen LogP contribution in [0.5, 0.6) is 5.75 Å². The first-order valence-corrected chi connectivity index (χ1v) is 7.76. The zero-order valence-corrected chi connectivity index (χ0v) is 14.4. The van der Waals surface area contributed by atoms with Gasteiger partial charge < -0.3 is 10.1 Å². The van der Waals surface area contributed by atoms with Crippen molar-refractivity contribution >= 4 is 5.91 Å². The molecular weight excluding hydrogens is 335 g/mol. The third-order valence-corrected chi connectivity index (χ3v) is 3.42. The van der Waals surface area contributed by atoms with E-state index in [1.807, 2.05) is 13.8 Å². The maximum Gasteiger partial charge on any atom is 0.435 e. The lowest BCUT2D eigenvalue weighted by atomic mass is 10.1. The number of nitrogens with one attached hydrogen (secondary N) is 1. The summed E-state index contributed by atoms with van der Waals surface area (Å²) >= 11 is 0. The van der Waals surface area contributed by atoms with Gasteiger partial charge in [0.2, 0.25) is 0 Å². The predicted molar refractivity (Wildman–Crippen MR) is 86.3 cm³/mol. The minimum Gasteiger partial charge on any atom is -0.491 e. The summed E-state index contributed by atoms with van der Waals surface area (Å²) in [6, 6.07) is 6.57. The summed E-state index contributed by atoms with van der Waals surface area (Å²) in [5.74, 6) is -0.200. The molecule has 1 atom stereocenters. The highest BCUT2D eigenvalue weighted by atomic mass is 19.4. The summed E-state index contributed by atoms with van der Waals surface area (Å²) in [6.45, 7) is 5.47. The van der Waals surface area contributed by atoms with Crippen molar-refractivity contribution in [2.45, 2.75) is 39.1 Å². The Morgan fingerprint density at radius 3 is 2.56 bits per heavy atom. The number of halogens is 3. The van der Waals surface area contributed by atoms with Gasteiger partial charge in [-0.3, -0.25) is 9.48 Å². The second-order valence-corrected chi connectivity index (χ2v) is 6.00. The molecule has 8 heteroatoms. The molecule has 0 saturated heterocycles. The molecule has 0 spiro atoms. The Morgan fingerprint density at radius 2 is 1.96 bits per heavy atom. The van der Waals surface area contributed by atoms with Crippen LogP contribution in [-0.2, 0) is 13.2 Å². The number of hydrogen-bond donors (Lipinski definition) is 1. The van der Waals surface area contributed by atoms with E-state index in [1.54, 1.807) is 31.2 Å². The second kappa shape index (κ2) is 7.16. The molecule has 2 aromatic rings. The molecule has 25 heavy (non-hydrogen) atoms. The molecule has 1 amide bonds. The molecule has 0 fully saturated rings. The average Bonchev–Trinajstić information content (AvgIpc) is 2.89. The van der Waals surface area contributed by atoms with E-state index >= 15 is 0 Å². The van der Waals surface area contributed by atoms with Gasteiger partial charge in [0.1, 0.15) is 5.75 Å². The highest BCUT2D eigenvalue weighted by Crippen LogP contribution is 2.31. The van der Waals surface area contributed by atoms with Gasteiger partial charge in [-0.05, 0) is 38.5 Å². The fraction of sp³-hybridized carbons (Fsp3) is 0.412. The van der Waals surface area contributed by atoms with E-state index in [1.165, 1.54) is 7.05 Å². The largest absolute Gasteiger partial charge is 0.491 e. The van der Waals surface area contributed by atoms with E-state index in [4.69, 9.17) is 4.74 Å². The average molecular weight is 355 g/mol. The molecule has 1 aromatic carbocycles. The van der Waals surface area contributed by atoms with Crippen molar-refractivity contribution in [1.29, 1.82) is 0 Å². The molecule has 1 aromatic heterocycles. The van der Waals surface area contributed by atoms with Crippen LogP contribution in [-0.4, -0.2) is 21.8 Å². The van der Waals surface area contributed by atoms with E-state index in [-0.39, 0.29) is 6.10 Å². The van der Waals surface area contributed by atoms with E-state index in [2.05, 4.69) is 10.4 Å². The topological polar surface area (TPSA) is 56.1 Å². The SMILES string of the molecule is CC(C)Oc1cccc(C(C)NC(=O)c2cn(C)nc2C(F)(F)F)c1. The Balaban J connectivity index is 2.18. The van der Waals surface area contributed by atoms with Crippen molar-refractivity contribution in [1.82, 2.24) is 15.1 Å². The van der Waals surface area contributed by atoms with Gasteiger partial charge in [-0.15, -0.1) is 0 Å². The maximum atomic E-state index is 13.0. The molecule has 1 unspecified atom stereocenters. The molecule has 0 aliphatic heterocycles. The zero-order chi connectivity index (χ0) is 18.8. The molecule has 0 aliphatic rings. The second-order valence-electron chi connectivity index (χ2n) is 6.00. The summed E-state index contributed by atoms with van der Waals surface area (Å²) < 4.78 is 45.5. The molecule has 0 saturated carbocycles. The van der Waals surface area contributed by atoms with Gasteiger partial charge in [0.25, 0.3) is 5.91 Å². The number of nitrogens with zero attached hydrogens (tertiary/aromatic N) is 2. The van der Waals surface area contributed by atoms with Crippen molar-refractivity contribution < 1.29 is 22.7 Å². The summed E-state index contributed by atoms with van der Waals surface area (Å²) in [4.78, 5) is 12.3. The lowest BCUT2D eigenvalue weighted by molar-refractivity contribution is -0.141. The number of amides is 1. The lowest BCUT2D eigenvalue weighted by Gasteiger charge is -2.17. The van der Waals surface area contributed by atoms with Crippen LogP contribution in [0.1, 0.15) is 48.4 Å². The van der Waals surface area contributed by atoms with Crippen LogP contribution < -0.4 is 10.1 Å². The van der Waals surface area contributed by atoms with E-state index < -0.39 is 29.4 Å². The van der Waals surface area contributed by atoms with Crippen molar-refractivity contribution in [3.8, 4) is 5.75 Å². The monoisotopic (exact) mass is 355 g/mol. The first-order valence-electron chi connectivity index (χ1n) is 7.76. The molecule has 0 radical (unpaired) electrons. The van der Waals surface area contributed by atoms with Crippen molar-refractivity contribution in [2.24, 2.45) is 7.05 Å². The summed E-state index contributed by atoms with van der Waals surface area (Å²) in [7, 11) is 1.34. The summed E-state index contributed by atoms with van der Waals surface area (Å²) in [5.41, 5.74) is -0.975. The van der Waals surface area contributed by atoms with Crippen LogP contribution >= 0.6 is 0 Å². The van der Waals surface area contributed by atoms with Gasteiger partial charge in [-0.2, -0.15) is 18.3 Å². The number of carbonyl (C=O) groups is 1. The Bertz CT molecular complexity index is 754. The number of alkyl halides is 3. The molecule has 136 valence electrons. The number of aromatic nitrogens is 2. The summed E-state index contributed by atoms with van der Waals surface area (Å²) in [6.07, 6.45) is -3.64. The third-order valence-electron chi connectivity index (χ3n) is 3.42. The fourth-order valence-electron chi connectivity index (χ4n) is 2.35. The van der Waals surface area contributed by atoms with Crippen molar-refractivity contribution in [3.05, 3.63) is 47.3 Å². The van der Waals surface area contributed by atoms with Gasteiger partial charge in [-0.1, -0.05) is 12.1 Å². The van der Waals surface area contributed by atoms with Crippen molar-refractivity contribution in [3.63, 3.8) is 0 Å². The number of aryl methyl sites for hydroxylation is 1. The molecular formula is C17H20F3N3O2. The number of rotatable bonds is 5. The van der Waals surface area contributed by atoms with E-state index in [0.717, 1.165) is 16.4 Å². The maximum absolute atomic E-state index is 13.0. The number of carbonyl (C=O) groups excluding carboxylic acids is 1. The fourth-order valence-corrected chi connectivity index (χ4v) is 2.35. The van der Waals surface area contributed by atoms with Crippen molar-refractivity contribution in [2.75, 3.05) is 0 Å². The first kappa shape index (κ1) is 18.8. The molecule has 2 rings (SSSR count). The van der Waals surface area contributed by atoms with Crippen LogP contribution in [0.15, 0.2) is 30.5 Å². The normalized spacial score (nSPS) is 13.0. The highest BCUT2D eigenvalue weighted by molar-refractivity contribution is 5.95. The van der Waals surface area contributed by atoms with Crippen LogP contribution in [0, 0.1) is 0 Å². The van der Waals surface area contributed by atoms with Gasteiger partial charge >= 0.3 is 6.18 Å². The number of hydrogen-bond acceptors (Lipinski definition) is 3. The molecule has 0 aliphatic carbocycles. The Labute approximate surface area is 143 Å². The molecule has 1 heterocycles. The zero-order valence-electron chi connectivity index (χ0n) is 14.4. The standard InChI is InChI=1S/C17H20F3N3O2/c1-10(2)25-13-7-5-6-12(8-13)11(3)21-16(24)14-9-23(4)22-15(14)17(18,19)20/h5-11H,1-4H3,(H,21,24). The van der Waals surface area contributed by atoms with E-state index in [0.29, 0.717) is 5.75 Å². The van der Waals surface area contributed by atoms with Crippen LogP contribution in [0.4, 0.5) is 13.2 Å². The Morgan fingerprint density at radius 1 is 1.28 bits per heavy atom. The highest BCUT2D eigenvalue weighted by Gasteiger charge is 2.39.